The molecule has 1 aromatic heterocycles. The van der Waals surface area contributed by atoms with Crippen LogP contribution in [0.3, 0.4) is 0 Å². The van der Waals surface area contributed by atoms with E-state index in [4.69, 9.17) is 4.74 Å². The number of sulfonamides is 1. The average molecular weight is 470 g/mol. The molecule has 2 aromatic carbocycles. The number of fused-ring (bicyclic) bond motifs is 1. The van der Waals surface area contributed by atoms with Crippen LogP contribution in [0, 0.1) is 0 Å². The number of piperidine rings is 1. The van der Waals surface area contributed by atoms with Gasteiger partial charge in [-0.15, -0.1) is 0 Å². The third-order valence-electron chi connectivity index (χ3n) is 6.59. The Morgan fingerprint density at radius 3 is 2.36 bits per heavy atom. The summed E-state index contributed by atoms with van der Waals surface area (Å²) in [6.45, 7) is 5.79. The topological polar surface area (TPSA) is 82.7 Å². The van der Waals surface area contributed by atoms with E-state index in [0.29, 0.717) is 37.7 Å². The van der Waals surface area contributed by atoms with Crippen LogP contribution in [0.15, 0.2) is 53.6 Å². The van der Waals surface area contributed by atoms with Crippen LogP contribution < -0.4 is 4.74 Å². The minimum Gasteiger partial charge on any atom is -0.497 e. The van der Waals surface area contributed by atoms with Crippen molar-refractivity contribution in [1.82, 2.24) is 14.2 Å². The molecule has 3 aromatic rings. The van der Waals surface area contributed by atoms with Gasteiger partial charge in [-0.25, -0.2) is 8.42 Å². The van der Waals surface area contributed by atoms with Gasteiger partial charge in [0, 0.05) is 48.8 Å². The molecule has 4 rings (SSSR count). The van der Waals surface area contributed by atoms with E-state index in [-0.39, 0.29) is 10.8 Å². The van der Waals surface area contributed by atoms with Crippen molar-refractivity contribution < 1.29 is 17.9 Å². The Bertz CT molecular complexity index is 1220. The second kappa shape index (κ2) is 9.57. The number of H-pyrrole nitrogens is 1. The first-order valence-corrected chi connectivity index (χ1v) is 12.9. The standard InChI is InChI=1S/C25H31N3O4S/c1-4-28(5-2)33(30,31)21-9-6-19(7-10-21)25(29)27-14-12-18(13-15-27)23-17-26-24-11-8-20(32-3)16-22(23)24/h6-11,16-18,26H,4-5,12-15H2,1-3H3. The first kappa shape index (κ1) is 23.3. The normalized spacial score (nSPS) is 15.3. The maximum Gasteiger partial charge on any atom is 0.253 e. The van der Waals surface area contributed by atoms with Crippen LogP contribution in [-0.2, 0) is 10.0 Å². The minimum absolute atomic E-state index is 0.0548. The molecule has 1 aliphatic rings. The number of carbonyl (C=O) groups is 1. The molecule has 8 heteroatoms. The smallest absolute Gasteiger partial charge is 0.253 e. The number of methoxy groups -OCH3 is 1. The van der Waals surface area contributed by atoms with E-state index in [0.717, 1.165) is 24.1 Å². The Morgan fingerprint density at radius 2 is 1.76 bits per heavy atom. The molecule has 176 valence electrons. The Kier molecular flexibility index (Phi) is 6.76. The number of hydrogen-bond donors (Lipinski definition) is 1. The van der Waals surface area contributed by atoms with Crippen LogP contribution >= 0.6 is 0 Å². The van der Waals surface area contributed by atoms with Crippen LogP contribution in [-0.4, -0.2) is 61.8 Å². The summed E-state index contributed by atoms with van der Waals surface area (Å²) in [5.74, 6) is 1.15. The average Bonchev–Trinajstić information content (AvgIpc) is 3.27. The number of rotatable bonds is 7. The van der Waals surface area contributed by atoms with Crippen molar-refractivity contribution in [2.75, 3.05) is 33.3 Å². The van der Waals surface area contributed by atoms with E-state index in [1.54, 1.807) is 19.2 Å². The summed E-state index contributed by atoms with van der Waals surface area (Å²) < 4.78 is 32.2. The molecule has 0 saturated carbocycles. The molecule has 0 atom stereocenters. The number of aromatic nitrogens is 1. The molecule has 0 bridgehead atoms. The third kappa shape index (κ3) is 4.50. The highest BCUT2D eigenvalue weighted by atomic mass is 32.2. The van der Waals surface area contributed by atoms with E-state index in [9.17, 15) is 13.2 Å². The van der Waals surface area contributed by atoms with Crippen LogP contribution in [0.4, 0.5) is 0 Å². The maximum atomic E-state index is 13.0. The van der Waals surface area contributed by atoms with Gasteiger partial charge in [-0.3, -0.25) is 4.79 Å². The molecule has 2 heterocycles. The molecule has 1 saturated heterocycles. The molecule has 1 N–H and O–H groups in total. The summed E-state index contributed by atoms with van der Waals surface area (Å²) in [4.78, 5) is 18.5. The van der Waals surface area contributed by atoms with Gasteiger partial charge < -0.3 is 14.6 Å². The van der Waals surface area contributed by atoms with Crippen LogP contribution in [0.5, 0.6) is 5.75 Å². The van der Waals surface area contributed by atoms with E-state index >= 15 is 0 Å². The van der Waals surface area contributed by atoms with Gasteiger partial charge in [0.25, 0.3) is 5.91 Å². The molecular formula is C25H31N3O4S. The predicted octanol–water partition coefficient (Wildman–Crippen LogP) is 4.23. The SMILES string of the molecule is CCN(CC)S(=O)(=O)c1ccc(C(=O)N2CCC(c3c[nH]c4ccc(OC)cc34)CC2)cc1. The fraction of sp³-hybridized carbons (Fsp3) is 0.400. The highest BCUT2D eigenvalue weighted by molar-refractivity contribution is 7.89. The number of amides is 1. The van der Waals surface area contributed by atoms with Crippen molar-refractivity contribution in [3.05, 3.63) is 59.8 Å². The van der Waals surface area contributed by atoms with Gasteiger partial charge in [-0.05, 0) is 66.8 Å². The number of nitrogens with zero attached hydrogens (tertiary/aromatic N) is 2. The summed E-state index contributed by atoms with van der Waals surface area (Å²) >= 11 is 0. The number of nitrogens with one attached hydrogen (secondary N) is 1. The second-order valence-electron chi connectivity index (χ2n) is 8.34. The quantitative estimate of drug-likeness (QED) is 0.561. The Hall–Kier alpha value is -2.84. The molecule has 33 heavy (non-hydrogen) atoms. The van der Waals surface area contributed by atoms with Gasteiger partial charge in [0.1, 0.15) is 5.75 Å². The molecule has 7 nitrogen and oxygen atoms in total. The highest BCUT2D eigenvalue weighted by Gasteiger charge is 2.27. The number of carbonyl (C=O) groups excluding carboxylic acids is 1. The van der Waals surface area contributed by atoms with E-state index in [1.165, 1.54) is 27.4 Å². The molecule has 1 amide bonds. The number of ether oxygens (including phenoxy) is 1. The molecule has 0 spiro atoms. The van der Waals surface area contributed by atoms with E-state index < -0.39 is 10.0 Å². The number of benzene rings is 2. The van der Waals surface area contributed by atoms with Crippen molar-refractivity contribution in [3.8, 4) is 5.75 Å². The summed E-state index contributed by atoms with van der Waals surface area (Å²) in [5, 5.41) is 1.17. The lowest BCUT2D eigenvalue weighted by Gasteiger charge is -2.32. The van der Waals surface area contributed by atoms with Crippen LogP contribution in [0.1, 0.15) is 48.5 Å². The van der Waals surface area contributed by atoms with Crippen molar-refractivity contribution in [1.29, 1.82) is 0 Å². The van der Waals surface area contributed by atoms with Crippen LogP contribution in [0.2, 0.25) is 0 Å². The summed E-state index contributed by atoms with van der Waals surface area (Å²) in [7, 11) is -1.86. The monoisotopic (exact) mass is 469 g/mol. The Morgan fingerprint density at radius 1 is 1.09 bits per heavy atom. The molecule has 0 aliphatic carbocycles. The fourth-order valence-electron chi connectivity index (χ4n) is 4.64. The van der Waals surface area contributed by atoms with Crippen molar-refractivity contribution in [3.63, 3.8) is 0 Å². The van der Waals surface area contributed by atoms with Gasteiger partial charge >= 0.3 is 0 Å². The minimum atomic E-state index is -3.53. The van der Waals surface area contributed by atoms with Crippen molar-refractivity contribution in [2.45, 2.75) is 37.5 Å². The number of likely N-dealkylation sites (tertiary alicyclic amines) is 1. The van der Waals surface area contributed by atoms with Gasteiger partial charge in [-0.1, -0.05) is 13.8 Å². The lowest BCUT2D eigenvalue weighted by atomic mass is 9.89. The zero-order chi connectivity index (χ0) is 23.6. The summed E-state index contributed by atoms with van der Waals surface area (Å²) in [6, 6.07) is 12.3. The Labute approximate surface area is 195 Å². The third-order valence-corrected chi connectivity index (χ3v) is 8.65. The lowest BCUT2D eigenvalue weighted by Crippen LogP contribution is -2.38. The lowest BCUT2D eigenvalue weighted by molar-refractivity contribution is 0.0713. The molecule has 0 unspecified atom stereocenters. The molecular weight excluding hydrogens is 438 g/mol. The zero-order valence-corrected chi connectivity index (χ0v) is 20.2. The molecule has 0 radical (unpaired) electrons. The van der Waals surface area contributed by atoms with Gasteiger partial charge in [0.2, 0.25) is 10.0 Å². The van der Waals surface area contributed by atoms with E-state index in [2.05, 4.69) is 17.2 Å². The maximum absolute atomic E-state index is 13.0. The first-order chi connectivity index (χ1) is 15.9. The number of hydrogen-bond acceptors (Lipinski definition) is 4. The predicted molar refractivity (Wildman–Crippen MR) is 129 cm³/mol. The van der Waals surface area contributed by atoms with Gasteiger partial charge in [0.15, 0.2) is 0 Å². The van der Waals surface area contributed by atoms with Crippen molar-refractivity contribution >= 4 is 26.8 Å². The molecule has 1 fully saturated rings. The fourth-order valence-corrected chi connectivity index (χ4v) is 6.10. The van der Waals surface area contributed by atoms with Gasteiger partial charge in [0.05, 0.1) is 12.0 Å². The summed E-state index contributed by atoms with van der Waals surface area (Å²) in [5.41, 5.74) is 2.87. The molecule has 1 aliphatic heterocycles. The second-order valence-corrected chi connectivity index (χ2v) is 10.3. The van der Waals surface area contributed by atoms with Crippen LogP contribution in [0.25, 0.3) is 10.9 Å². The largest absolute Gasteiger partial charge is 0.497 e. The highest BCUT2D eigenvalue weighted by Crippen LogP contribution is 2.35. The number of aromatic amines is 1. The first-order valence-electron chi connectivity index (χ1n) is 11.4. The Balaban J connectivity index is 1.44. The van der Waals surface area contributed by atoms with Gasteiger partial charge in [-0.2, -0.15) is 4.31 Å². The summed E-state index contributed by atoms with van der Waals surface area (Å²) in [6.07, 6.45) is 3.83. The van der Waals surface area contributed by atoms with Crippen molar-refractivity contribution in [2.24, 2.45) is 0 Å². The van der Waals surface area contributed by atoms with E-state index in [1.807, 2.05) is 30.9 Å². The zero-order valence-electron chi connectivity index (χ0n) is 19.4.